The minimum Gasteiger partial charge on any atom is -0.368 e. The molecule has 2 N–H and O–H groups in total. The van der Waals surface area contributed by atoms with Gasteiger partial charge in [0, 0.05) is 54.0 Å². The zero-order valence-electron chi connectivity index (χ0n) is 16.5. The molecule has 1 aliphatic rings. The molecule has 1 aliphatic heterocycles. The average molecular weight is 450 g/mol. The summed E-state index contributed by atoms with van der Waals surface area (Å²) < 4.78 is 27.6. The van der Waals surface area contributed by atoms with Gasteiger partial charge in [-0.2, -0.15) is 4.31 Å². The molecule has 0 saturated carbocycles. The van der Waals surface area contributed by atoms with Crippen LogP contribution in [0, 0.1) is 15.0 Å². The molecule has 0 radical (unpaired) electrons. The number of anilines is 1. The third kappa shape index (κ3) is 4.38. The van der Waals surface area contributed by atoms with E-state index >= 15 is 0 Å². The molecule has 0 atom stereocenters. The maximum absolute atomic E-state index is 13.0. The number of para-hydroxylation sites is 1. The van der Waals surface area contributed by atoms with E-state index in [1.807, 2.05) is 0 Å². The predicted molar refractivity (Wildman–Crippen MR) is 109 cm³/mol. The van der Waals surface area contributed by atoms with Crippen molar-refractivity contribution in [3.8, 4) is 0 Å². The van der Waals surface area contributed by atoms with E-state index in [2.05, 4.69) is 0 Å². The predicted octanol–water partition coefficient (Wildman–Crippen LogP) is 1.26. The maximum atomic E-state index is 13.0. The molecule has 1 heterocycles. The number of hydroxylamine groups is 1. The first-order valence-electron chi connectivity index (χ1n) is 9.14. The summed E-state index contributed by atoms with van der Waals surface area (Å²) in [6.07, 6.45) is 0. The number of carbonyl (C=O) groups is 1. The number of rotatable bonds is 6. The molecule has 0 unspecified atom stereocenters. The largest absolute Gasteiger partial charge is 0.368 e. The van der Waals surface area contributed by atoms with Crippen molar-refractivity contribution in [3.63, 3.8) is 0 Å². The Morgan fingerprint density at radius 2 is 1.74 bits per heavy atom. The van der Waals surface area contributed by atoms with E-state index in [1.54, 1.807) is 16.4 Å². The highest BCUT2D eigenvalue weighted by molar-refractivity contribution is 7.89. The number of benzene rings is 2. The van der Waals surface area contributed by atoms with Crippen molar-refractivity contribution in [1.82, 2.24) is 9.79 Å². The summed E-state index contributed by atoms with van der Waals surface area (Å²) in [6, 6.07) is 9.52. The lowest BCUT2D eigenvalue weighted by Gasteiger charge is -2.35. The Morgan fingerprint density at radius 3 is 2.32 bits per heavy atom. The van der Waals surface area contributed by atoms with Crippen LogP contribution in [0.4, 0.5) is 17.1 Å². The molecule has 3 rings (SSSR count). The van der Waals surface area contributed by atoms with Crippen LogP contribution in [0.25, 0.3) is 0 Å². The van der Waals surface area contributed by atoms with Gasteiger partial charge in [-0.3, -0.25) is 20.1 Å². The van der Waals surface area contributed by atoms with E-state index in [4.69, 9.17) is 5.21 Å². The summed E-state index contributed by atoms with van der Waals surface area (Å²) in [4.78, 5) is 35.5. The van der Waals surface area contributed by atoms with Gasteiger partial charge in [-0.05, 0) is 12.1 Å². The molecule has 12 nitrogen and oxygen atoms in total. The van der Waals surface area contributed by atoms with Crippen LogP contribution >= 0.6 is 0 Å². The van der Waals surface area contributed by atoms with Gasteiger partial charge in [0.05, 0.1) is 16.2 Å². The molecule has 2 aromatic rings. The summed E-state index contributed by atoms with van der Waals surface area (Å²) in [6.45, 7) is 0.436. The molecule has 0 bridgehead atoms. The number of sulfonamides is 1. The van der Waals surface area contributed by atoms with E-state index in [-0.39, 0.29) is 42.3 Å². The Morgan fingerprint density at radius 1 is 1.10 bits per heavy atom. The topological polar surface area (TPSA) is 153 Å². The monoisotopic (exact) mass is 450 g/mol. The number of hydrogen-bond acceptors (Lipinski definition) is 8. The van der Waals surface area contributed by atoms with Crippen LogP contribution in [0.15, 0.2) is 47.4 Å². The molecule has 1 saturated heterocycles. The second-order valence-electron chi connectivity index (χ2n) is 6.76. The average Bonchev–Trinajstić information content (AvgIpc) is 2.78. The molecule has 0 spiro atoms. The second kappa shape index (κ2) is 8.75. The van der Waals surface area contributed by atoms with Gasteiger partial charge in [-0.15, -0.1) is 0 Å². The number of carbonyl (C=O) groups excluding carboxylic acids is 1. The van der Waals surface area contributed by atoms with Crippen molar-refractivity contribution >= 4 is 33.0 Å². The number of nitroso groups, excluding NO2 is 1. The van der Waals surface area contributed by atoms with Gasteiger partial charge in [0.25, 0.3) is 17.3 Å². The van der Waals surface area contributed by atoms with E-state index in [0.29, 0.717) is 10.4 Å². The third-order valence-corrected chi connectivity index (χ3v) is 6.90. The van der Waals surface area contributed by atoms with Crippen LogP contribution in [-0.2, 0) is 10.0 Å². The van der Waals surface area contributed by atoms with E-state index in [0.717, 1.165) is 10.4 Å². The number of nitro benzene ring substituents is 1. The lowest BCUT2D eigenvalue weighted by molar-refractivity contribution is -0.428. The maximum Gasteiger partial charge on any atom is 0.289 e. The SMILES string of the molecule is C[N+](=O)c1ccc(N2CCN(S(=O)(=O)c3ccccc3[N+](=O)[O-])CC2)c(C(=O)NO)c1. The van der Waals surface area contributed by atoms with Crippen LogP contribution in [0.3, 0.4) is 0 Å². The van der Waals surface area contributed by atoms with E-state index in [1.165, 1.54) is 37.4 Å². The molecular formula is C18H20N5O7S+. The molecule has 13 heteroatoms. The standard InChI is InChI=1S/C18H19N5O7S/c1-20(26)13-6-7-15(14(12-13)18(24)19-25)21-8-10-22(11-9-21)31(29,30)17-5-3-2-4-16(17)23(27)28/h2-7,12H,8-11H2,1H3,(H-,19,24,25)/p+1. The molecule has 164 valence electrons. The van der Waals surface area contributed by atoms with Crippen LogP contribution < -0.4 is 10.4 Å². The number of nitrogens with one attached hydrogen (secondary N) is 1. The number of hydrogen-bond donors (Lipinski definition) is 2. The minimum absolute atomic E-state index is 0.0256. The fraction of sp³-hybridized carbons (Fsp3) is 0.278. The lowest BCUT2D eigenvalue weighted by atomic mass is 10.1. The number of nitro groups is 1. The lowest BCUT2D eigenvalue weighted by Crippen LogP contribution is -2.49. The van der Waals surface area contributed by atoms with Crippen LogP contribution in [0.5, 0.6) is 0 Å². The second-order valence-corrected chi connectivity index (χ2v) is 8.66. The molecule has 2 aromatic carbocycles. The molecule has 0 aromatic heterocycles. The van der Waals surface area contributed by atoms with Gasteiger partial charge in [0.2, 0.25) is 10.0 Å². The van der Waals surface area contributed by atoms with Gasteiger partial charge in [0.15, 0.2) is 11.9 Å². The fourth-order valence-electron chi connectivity index (χ4n) is 3.37. The highest BCUT2D eigenvalue weighted by Crippen LogP contribution is 2.30. The molecule has 1 fully saturated rings. The van der Waals surface area contributed by atoms with Crippen LogP contribution in [0.2, 0.25) is 0 Å². The third-order valence-electron chi connectivity index (χ3n) is 4.95. The molecular weight excluding hydrogens is 430 g/mol. The van der Waals surface area contributed by atoms with Crippen molar-refractivity contribution in [2.75, 3.05) is 38.1 Å². The summed E-state index contributed by atoms with van der Waals surface area (Å²) in [5.74, 6) is -0.811. The van der Waals surface area contributed by atoms with Crippen molar-refractivity contribution in [2.45, 2.75) is 4.90 Å². The Labute approximate surface area is 177 Å². The number of amides is 1. The zero-order valence-corrected chi connectivity index (χ0v) is 17.3. The number of nitrogens with zero attached hydrogens (tertiary/aromatic N) is 4. The van der Waals surface area contributed by atoms with Crippen molar-refractivity contribution in [2.24, 2.45) is 0 Å². The van der Waals surface area contributed by atoms with Gasteiger partial charge in [-0.25, -0.2) is 13.9 Å². The highest BCUT2D eigenvalue weighted by Gasteiger charge is 2.34. The van der Waals surface area contributed by atoms with Crippen molar-refractivity contribution < 1.29 is 28.1 Å². The molecule has 31 heavy (non-hydrogen) atoms. The molecule has 0 aliphatic carbocycles. The Kier molecular flexibility index (Phi) is 6.29. The smallest absolute Gasteiger partial charge is 0.289 e. The Balaban J connectivity index is 1.85. The Bertz CT molecular complexity index is 1140. The minimum atomic E-state index is -4.09. The summed E-state index contributed by atoms with van der Waals surface area (Å²) >= 11 is 0. The zero-order chi connectivity index (χ0) is 22.8. The van der Waals surface area contributed by atoms with E-state index in [9.17, 15) is 28.2 Å². The van der Waals surface area contributed by atoms with Crippen LogP contribution in [-0.4, -0.2) is 66.7 Å². The summed E-state index contributed by atoms with van der Waals surface area (Å²) in [7, 11) is -2.83. The van der Waals surface area contributed by atoms with Gasteiger partial charge in [0.1, 0.15) is 0 Å². The first-order chi connectivity index (χ1) is 14.7. The molecule has 1 amide bonds. The first-order valence-corrected chi connectivity index (χ1v) is 10.6. The fourth-order valence-corrected chi connectivity index (χ4v) is 4.95. The first kappa shape index (κ1) is 22.3. The quantitative estimate of drug-likeness (QED) is 0.289. The van der Waals surface area contributed by atoms with Gasteiger partial charge >= 0.3 is 0 Å². The van der Waals surface area contributed by atoms with Gasteiger partial charge < -0.3 is 4.90 Å². The van der Waals surface area contributed by atoms with Crippen molar-refractivity contribution in [1.29, 1.82) is 0 Å². The summed E-state index contributed by atoms with van der Waals surface area (Å²) in [5.41, 5.74) is 1.72. The normalized spacial score (nSPS) is 14.8. The number of piperazine rings is 1. The van der Waals surface area contributed by atoms with Crippen LogP contribution in [0.1, 0.15) is 10.4 Å². The van der Waals surface area contributed by atoms with Crippen molar-refractivity contribution in [3.05, 3.63) is 63.0 Å². The highest BCUT2D eigenvalue weighted by atomic mass is 32.2. The van der Waals surface area contributed by atoms with Gasteiger partial charge in [-0.1, -0.05) is 12.1 Å². The summed E-state index contributed by atoms with van der Waals surface area (Å²) in [5, 5.41) is 20.3. The van der Waals surface area contributed by atoms with E-state index < -0.39 is 26.5 Å². The Hall–Kier alpha value is -3.42.